The number of amides is 1. The van der Waals surface area contributed by atoms with Crippen LogP contribution in [0.2, 0.25) is 0 Å². The van der Waals surface area contributed by atoms with Crippen LogP contribution in [0.25, 0.3) is 0 Å². The monoisotopic (exact) mass is 347 g/mol. The van der Waals surface area contributed by atoms with E-state index >= 15 is 0 Å². The molecule has 0 bridgehead atoms. The summed E-state index contributed by atoms with van der Waals surface area (Å²) in [7, 11) is 0. The average Bonchev–Trinajstić information content (AvgIpc) is 2.57. The topological polar surface area (TPSA) is 98.9 Å². The van der Waals surface area contributed by atoms with Crippen LogP contribution >= 0.6 is 0 Å². The maximum Gasteiger partial charge on any atom is 0.303 e. The molecule has 0 radical (unpaired) electrons. The summed E-state index contributed by atoms with van der Waals surface area (Å²) < 4.78 is 24.7. The van der Waals surface area contributed by atoms with Gasteiger partial charge in [0.1, 0.15) is 12.4 Å². The normalized spacial score (nSPS) is 10.3. The number of hydrogen-bond donors (Lipinski definition) is 2. The molecule has 0 saturated carbocycles. The molecule has 132 valence electrons. The molecule has 0 saturated heterocycles. The minimum Gasteiger partial charge on any atom is -0.486 e. The number of ether oxygens (including phenoxy) is 2. The molecule has 0 spiro atoms. The zero-order chi connectivity index (χ0) is 18.2. The number of aryl methyl sites for hydroxylation is 1. The Morgan fingerprint density at radius 2 is 1.88 bits per heavy atom. The van der Waals surface area contributed by atoms with Gasteiger partial charge in [0.05, 0.1) is 0 Å². The van der Waals surface area contributed by atoms with Crippen molar-refractivity contribution < 1.29 is 28.6 Å². The summed E-state index contributed by atoms with van der Waals surface area (Å²) >= 11 is 0. The molecular weight excluding hydrogens is 329 g/mol. The van der Waals surface area contributed by atoms with Crippen LogP contribution in [-0.4, -0.2) is 23.6 Å². The summed E-state index contributed by atoms with van der Waals surface area (Å²) in [5.74, 6) is -1.53. The first-order chi connectivity index (χ1) is 11.9. The maximum atomic E-state index is 14.0. The van der Waals surface area contributed by atoms with Crippen molar-refractivity contribution in [3.05, 3.63) is 59.4 Å². The number of halogens is 1. The zero-order valence-electron chi connectivity index (χ0n) is 13.4. The van der Waals surface area contributed by atoms with Crippen LogP contribution < -0.4 is 15.2 Å². The van der Waals surface area contributed by atoms with Gasteiger partial charge in [-0.05, 0) is 41.8 Å². The summed E-state index contributed by atoms with van der Waals surface area (Å²) in [6.45, 7) is -0.115. The van der Waals surface area contributed by atoms with Gasteiger partial charge >= 0.3 is 5.97 Å². The summed E-state index contributed by atoms with van der Waals surface area (Å²) in [4.78, 5) is 21.3. The number of primary amides is 1. The lowest BCUT2D eigenvalue weighted by molar-refractivity contribution is -0.137. The van der Waals surface area contributed by atoms with E-state index in [1.165, 1.54) is 12.1 Å². The molecule has 0 heterocycles. The van der Waals surface area contributed by atoms with Crippen molar-refractivity contribution in [2.24, 2.45) is 5.73 Å². The van der Waals surface area contributed by atoms with Crippen LogP contribution in [-0.2, 0) is 22.6 Å². The molecule has 0 aromatic heterocycles. The Hall–Kier alpha value is -3.09. The number of carbonyl (C=O) groups excluding carboxylic acids is 1. The third kappa shape index (κ3) is 6.14. The molecule has 2 aromatic rings. The molecule has 0 unspecified atom stereocenters. The number of carbonyl (C=O) groups is 2. The van der Waals surface area contributed by atoms with Crippen molar-refractivity contribution in [3.8, 4) is 11.5 Å². The second kappa shape index (κ2) is 8.68. The Balaban J connectivity index is 1.95. The largest absolute Gasteiger partial charge is 0.486 e. The second-order valence-corrected chi connectivity index (χ2v) is 5.35. The molecular formula is C18H18FNO5. The highest BCUT2D eigenvalue weighted by Gasteiger charge is 2.07. The SMILES string of the molecule is NC(=O)COc1cccc(COc2ccc(CCC(=O)O)cc2F)c1. The number of rotatable bonds is 9. The van der Waals surface area contributed by atoms with Crippen LogP contribution in [0.5, 0.6) is 11.5 Å². The molecule has 0 fully saturated rings. The van der Waals surface area contributed by atoms with Crippen molar-refractivity contribution in [2.45, 2.75) is 19.4 Å². The average molecular weight is 347 g/mol. The summed E-state index contributed by atoms with van der Waals surface area (Å²) in [6, 6.07) is 11.2. The lowest BCUT2D eigenvalue weighted by Crippen LogP contribution is -2.20. The lowest BCUT2D eigenvalue weighted by Gasteiger charge is -2.10. The number of benzene rings is 2. The van der Waals surface area contributed by atoms with E-state index in [9.17, 15) is 14.0 Å². The van der Waals surface area contributed by atoms with Gasteiger partial charge in [-0.15, -0.1) is 0 Å². The summed E-state index contributed by atoms with van der Waals surface area (Å²) in [6.07, 6.45) is 0.198. The van der Waals surface area contributed by atoms with Crippen molar-refractivity contribution in [1.29, 1.82) is 0 Å². The van der Waals surface area contributed by atoms with Gasteiger partial charge in [-0.1, -0.05) is 18.2 Å². The molecule has 0 aliphatic rings. The van der Waals surface area contributed by atoms with Crippen LogP contribution in [0.1, 0.15) is 17.5 Å². The number of carboxylic acids is 1. The van der Waals surface area contributed by atoms with Gasteiger partial charge in [0, 0.05) is 6.42 Å². The molecule has 0 atom stereocenters. The van der Waals surface area contributed by atoms with E-state index in [-0.39, 0.29) is 31.8 Å². The number of hydrogen-bond acceptors (Lipinski definition) is 4. The first-order valence-corrected chi connectivity index (χ1v) is 7.57. The highest BCUT2D eigenvalue weighted by Crippen LogP contribution is 2.21. The standard InChI is InChI=1S/C18H18FNO5/c19-15-9-12(5-7-18(22)23)4-6-16(15)25-10-13-2-1-3-14(8-13)24-11-17(20)21/h1-4,6,8-9H,5,7,10-11H2,(H2,20,21)(H,22,23). The number of nitrogens with two attached hydrogens (primary N) is 1. The number of aliphatic carboxylic acids is 1. The fourth-order valence-electron chi connectivity index (χ4n) is 2.11. The molecule has 1 amide bonds. The molecule has 2 rings (SSSR count). The molecule has 0 aliphatic heterocycles. The predicted octanol–water partition coefficient (Wildman–Crippen LogP) is 2.29. The maximum absolute atomic E-state index is 14.0. The Labute approximate surface area is 144 Å². The highest BCUT2D eigenvalue weighted by molar-refractivity contribution is 5.75. The van der Waals surface area contributed by atoms with Crippen LogP contribution in [0, 0.1) is 5.82 Å². The van der Waals surface area contributed by atoms with E-state index in [1.54, 1.807) is 30.3 Å². The quantitative estimate of drug-likeness (QED) is 0.725. The van der Waals surface area contributed by atoms with E-state index in [1.807, 2.05) is 0 Å². The predicted molar refractivity (Wildman–Crippen MR) is 87.8 cm³/mol. The Morgan fingerprint density at radius 3 is 2.56 bits per heavy atom. The Morgan fingerprint density at radius 1 is 1.08 bits per heavy atom. The van der Waals surface area contributed by atoms with Gasteiger partial charge < -0.3 is 20.3 Å². The minimum absolute atomic E-state index is 0.0578. The Bertz CT molecular complexity index is 763. The van der Waals surface area contributed by atoms with E-state index in [2.05, 4.69) is 0 Å². The third-order valence-electron chi connectivity index (χ3n) is 3.30. The van der Waals surface area contributed by atoms with E-state index < -0.39 is 17.7 Å². The molecule has 25 heavy (non-hydrogen) atoms. The van der Waals surface area contributed by atoms with E-state index in [4.69, 9.17) is 20.3 Å². The first-order valence-electron chi connectivity index (χ1n) is 7.57. The smallest absolute Gasteiger partial charge is 0.303 e. The van der Waals surface area contributed by atoms with E-state index in [0.29, 0.717) is 11.3 Å². The molecule has 3 N–H and O–H groups in total. The zero-order valence-corrected chi connectivity index (χ0v) is 13.4. The van der Waals surface area contributed by atoms with Gasteiger partial charge in [-0.25, -0.2) is 4.39 Å². The minimum atomic E-state index is -0.931. The van der Waals surface area contributed by atoms with Crippen LogP contribution in [0.15, 0.2) is 42.5 Å². The van der Waals surface area contributed by atoms with Gasteiger partial charge in [-0.2, -0.15) is 0 Å². The van der Waals surface area contributed by atoms with Crippen molar-refractivity contribution in [3.63, 3.8) is 0 Å². The van der Waals surface area contributed by atoms with E-state index in [0.717, 1.165) is 5.56 Å². The second-order valence-electron chi connectivity index (χ2n) is 5.35. The number of carboxylic acid groups (broad SMARTS) is 1. The highest BCUT2D eigenvalue weighted by atomic mass is 19.1. The Kier molecular flexibility index (Phi) is 6.33. The van der Waals surface area contributed by atoms with Crippen LogP contribution in [0.4, 0.5) is 4.39 Å². The van der Waals surface area contributed by atoms with Crippen molar-refractivity contribution in [2.75, 3.05) is 6.61 Å². The van der Waals surface area contributed by atoms with Gasteiger partial charge in [0.15, 0.2) is 18.2 Å². The molecule has 7 heteroatoms. The summed E-state index contributed by atoms with van der Waals surface area (Å²) in [5, 5.41) is 8.65. The van der Waals surface area contributed by atoms with Crippen LogP contribution in [0.3, 0.4) is 0 Å². The van der Waals surface area contributed by atoms with Crippen molar-refractivity contribution >= 4 is 11.9 Å². The third-order valence-corrected chi connectivity index (χ3v) is 3.30. The molecule has 0 aliphatic carbocycles. The fourth-order valence-corrected chi connectivity index (χ4v) is 2.11. The fraction of sp³-hybridized carbons (Fsp3) is 0.222. The molecule has 2 aromatic carbocycles. The summed E-state index contributed by atoms with van der Waals surface area (Å²) in [5.41, 5.74) is 6.34. The molecule has 6 nitrogen and oxygen atoms in total. The first kappa shape index (κ1) is 18.3. The van der Waals surface area contributed by atoms with Gasteiger partial charge in [-0.3, -0.25) is 9.59 Å². The van der Waals surface area contributed by atoms with Crippen molar-refractivity contribution in [1.82, 2.24) is 0 Å². The van der Waals surface area contributed by atoms with Gasteiger partial charge in [0.25, 0.3) is 5.91 Å². The van der Waals surface area contributed by atoms with Gasteiger partial charge in [0.2, 0.25) is 0 Å². The lowest BCUT2D eigenvalue weighted by atomic mass is 10.1.